The lowest BCUT2D eigenvalue weighted by molar-refractivity contribution is -0.385. The van der Waals surface area contributed by atoms with E-state index in [-0.39, 0.29) is 11.3 Å². The van der Waals surface area contributed by atoms with E-state index in [4.69, 9.17) is 0 Å². The smallest absolute Gasteiger partial charge is 0.311 e. The highest BCUT2D eigenvalue weighted by molar-refractivity contribution is 6.24. The Kier molecular flexibility index (Phi) is 3.78. The first-order valence-corrected chi connectivity index (χ1v) is 7.93. The van der Waals surface area contributed by atoms with Gasteiger partial charge in [-0.2, -0.15) is 5.10 Å². The van der Waals surface area contributed by atoms with Crippen molar-refractivity contribution >= 4 is 17.6 Å². The van der Waals surface area contributed by atoms with Crippen LogP contribution in [0.15, 0.2) is 76.9 Å². The highest BCUT2D eigenvalue weighted by Gasteiger charge is 2.23. The van der Waals surface area contributed by atoms with Crippen molar-refractivity contribution in [1.29, 1.82) is 0 Å². The molecule has 1 aliphatic rings. The summed E-state index contributed by atoms with van der Waals surface area (Å²) in [7, 11) is 0. The summed E-state index contributed by atoms with van der Waals surface area (Å²) in [5, 5.41) is 29.3. The number of para-hydroxylation sites is 1. The van der Waals surface area contributed by atoms with E-state index < -0.39 is 10.7 Å². The molecule has 4 rings (SSSR count). The summed E-state index contributed by atoms with van der Waals surface area (Å²) in [5.41, 5.74) is 4.76. The van der Waals surface area contributed by atoms with Crippen molar-refractivity contribution in [2.75, 3.05) is 0 Å². The topological polar surface area (TPSA) is 88.1 Å². The molecular formula is C20H13N3O3. The number of aromatic hydroxyl groups is 1. The van der Waals surface area contributed by atoms with Gasteiger partial charge in [-0.15, -0.1) is 5.10 Å². The Morgan fingerprint density at radius 1 is 0.846 bits per heavy atom. The molecule has 0 bridgehead atoms. The molecule has 1 N–H and O–H groups in total. The SMILES string of the molecule is O=[N+]([O-])c1cccc(/C=N/N=C2c3ccccc3-c3ccccc32)c1O. The van der Waals surface area contributed by atoms with E-state index in [2.05, 4.69) is 10.2 Å². The van der Waals surface area contributed by atoms with Gasteiger partial charge in [0, 0.05) is 22.8 Å². The lowest BCUT2D eigenvalue weighted by Gasteiger charge is -2.00. The zero-order valence-electron chi connectivity index (χ0n) is 13.5. The van der Waals surface area contributed by atoms with Crippen molar-refractivity contribution in [3.8, 4) is 16.9 Å². The summed E-state index contributed by atoms with van der Waals surface area (Å²) < 4.78 is 0. The third-order valence-electron chi connectivity index (χ3n) is 4.25. The lowest BCUT2D eigenvalue weighted by Crippen LogP contribution is -1.97. The van der Waals surface area contributed by atoms with Crippen molar-refractivity contribution < 1.29 is 10.0 Å². The Balaban J connectivity index is 1.75. The highest BCUT2D eigenvalue weighted by Crippen LogP contribution is 2.36. The fourth-order valence-electron chi connectivity index (χ4n) is 3.05. The number of phenols is 1. The van der Waals surface area contributed by atoms with E-state index >= 15 is 0 Å². The van der Waals surface area contributed by atoms with Gasteiger partial charge in [-0.3, -0.25) is 10.1 Å². The molecule has 0 aliphatic heterocycles. The van der Waals surface area contributed by atoms with E-state index in [0.29, 0.717) is 0 Å². The van der Waals surface area contributed by atoms with E-state index in [9.17, 15) is 15.2 Å². The van der Waals surface area contributed by atoms with Crippen molar-refractivity contribution in [2.24, 2.45) is 10.2 Å². The number of hydrogen-bond acceptors (Lipinski definition) is 5. The molecule has 0 atom stereocenters. The normalized spacial score (nSPS) is 12.1. The Morgan fingerprint density at radius 3 is 2.00 bits per heavy atom. The molecule has 0 saturated heterocycles. The van der Waals surface area contributed by atoms with Gasteiger partial charge in [0.1, 0.15) is 5.71 Å². The number of fused-ring (bicyclic) bond motifs is 3. The molecule has 0 spiro atoms. The maximum absolute atomic E-state index is 10.9. The van der Waals surface area contributed by atoms with Gasteiger partial charge in [-0.05, 0) is 17.2 Å². The Bertz CT molecular complexity index is 1040. The first-order chi connectivity index (χ1) is 12.7. The van der Waals surface area contributed by atoms with Gasteiger partial charge in [0.25, 0.3) is 0 Å². The molecule has 1 aliphatic carbocycles. The second-order valence-corrected chi connectivity index (χ2v) is 5.76. The molecule has 3 aromatic carbocycles. The summed E-state index contributed by atoms with van der Waals surface area (Å²) >= 11 is 0. The maximum atomic E-state index is 10.9. The van der Waals surface area contributed by atoms with Crippen LogP contribution in [-0.2, 0) is 0 Å². The molecule has 0 amide bonds. The molecule has 0 aromatic heterocycles. The number of benzene rings is 3. The van der Waals surface area contributed by atoms with Crippen LogP contribution in [0.4, 0.5) is 5.69 Å². The molecule has 3 aromatic rings. The first kappa shape index (κ1) is 15.7. The van der Waals surface area contributed by atoms with Crippen LogP contribution in [0.1, 0.15) is 16.7 Å². The standard InChI is InChI=1S/C20H13N3O3/c24-20-13(6-5-11-18(20)23(25)26)12-21-22-19-16-9-3-1-7-14(16)15-8-2-4-10-17(15)19/h1-12,24H/b21-12+. The molecular weight excluding hydrogens is 330 g/mol. The van der Waals surface area contributed by atoms with Gasteiger partial charge in [0.05, 0.1) is 11.1 Å². The van der Waals surface area contributed by atoms with Crippen molar-refractivity contribution in [3.05, 3.63) is 93.5 Å². The summed E-state index contributed by atoms with van der Waals surface area (Å²) in [6.07, 6.45) is 1.32. The Hall–Kier alpha value is -3.80. The van der Waals surface area contributed by atoms with Crippen LogP contribution in [0, 0.1) is 10.1 Å². The van der Waals surface area contributed by atoms with Gasteiger partial charge in [-0.25, -0.2) is 0 Å². The van der Waals surface area contributed by atoms with Gasteiger partial charge in [0.2, 0.25) is 5.75 Å². The van der Waals surface area contributed by atoms with Crippen LogP contribution >= 0.6 is 0 Å². The predicted octanol–water partition coefficient (Wildman–Crippen LogP) is 4.15. The quantitative estimate of drug-likeness (QED) is 0.344. The molecule has 0 fully saturated rings. The van der Waals surface area contributed by atoms with Crippen molar-refractivity contribution in [2.45, 2.75) is 0 Å². The third-order valence-corrected chi connectivity index (χ3v) is 4.25. The maximum Gasteiger partial charge on any atom is 0.311 e. The summed E-state index contributed by atoms with van der Waals surface area (Å²) in [4.78, 5) is 10.3. The molecule has 0 heterocycles. The number of nitro benzene ring substituents is 1. The van der Waals surface area contributed by atoms with Crippen molar-refractivity contribution in [1.82, 2.24) is 0 Å². The van der Waals surface area contributed by atoms with E-state index in [1.165, 1.54) is 18.3 Å². The monoisotopic (exact) mass is 343 g/mol. The zero-order valence-corrected chi connectivity index (χ0v) is 13.5. The second-order valence-electron chi connectivity index (χ2n) is 5.76. The van der Waals surface area contributed by atoms with Crippen molar-refractivity contribution in [3.63, 3.8) is 0 Å². The molecule has 6 heteroatoms. The molecule has 0 saturated carbocycles. The van der Waals surface area contributed by atoms with Gasteiger partial charge in [-0.1, -0.05) is 54.6 Å². The van der Waals surface area contributed by atoms with Crippen LogP contribution in [0.25, 0.3) is 11.1 Å². The molecule has 0 radical (unpaired) electrons. The van der Waals surface area contributed by atoms with Crippen LogP contribution in [0.5, 0.6) is 5.75 Å². The minimum atomic E-state index is -0.637. The molecule has 26 heavy (non-hydrogen) atoms. The van der Waals surface area contributed by atoms with Crippen LogP contribution in [0.2, 0.25) is 0 Å². The van der Waals surface area contributed by atoms with Gasteiger partial charge in [0.15, 0.2) is 0 Å². The molecule has 0 unspecified atom stereocenters. The number of nitrogens with zero attached hydrogens (tertiary/aromatic N) is 3. The van der Waals surface area contributed by atoms with E-state index in [0.717, 1.165) is 28.0 Å². The minimum Gasteiger partial charge on any atom is -0.502 e. The Labute approximate surface area is 148 Å². The fraction of sp³-hybridized carbons (Fsp3) is 0. The van der Waals surface area contributed by atoms with Crippen LogP contribution in [-0.4, -0.2) is 22.0 Å². The summed E-state index contributed by atoms with van der Waals surface area (Å²) in [6, 6.07) is 20.1. The highest BCUT2D eigenvalue weighted by atomic mass is 16.6. The fourth-order valence-corrected chi connectivity index (χ4v) is 3.05. The number of hydrogen-bond donors (Lipinski definition) is 1. The largest absolute Gasteiger partial charge is 0.502 e. The lowest BCUT2D eigenvalue weighted by atomic mass is 10.1. The second kappa shape index (κ2) is 6.25. The van der Waals surface area contributed by atoms with Crippen LogP contribution < -0.4 is 0 Å². The van der Waals surface area contributed by atoms with E-state index in [1.807, 2.05) is 48.5 Å². The van der Waals surface area contributed by atoms with Crippen LogP contribution in [0.3, 0.4) is 0 Å². The summed E-state index contributed by atoms with van der Waals surface area (Å²) in [6.45, 7) is 0. The van der Waals surface area contributed by atoms with Gasteiger partial charge >= 0.3 is 5.69 Å². The zero-order chi connectivity index (χ0) is 18.1. The Morgan fingerprint density at radius 2 is 1.42 bits per heavy atom. The number of nitro groups is 1. The average molecular weight is 343 g/mol. The molecule has 6 nitrogen and oxygen atoms in total. The summed E-state index contributed by atoms with van der Waals surface area (Å²) in [5.74, 6) is -0.423. The third kappa shape index (κ3) is 2.53. The number of phenolic OH excluding ortho intramolecular Hbond substituents is 1. The minimum absolute atomic E-state index is 0.239. The van der Waals surface area contributed by atoms with E-state index in [1.54, 1.807) is 6.07 Å². The molecule has 126 valence electrons. The average Bonchev–Trinajstić information content (AvgIpc) is 2.97. The van der Waals surface area contributed by atoms with Gasteiger partial charge < -0.3 is 5.11 Å². The predicted molar refractivity (Wildman–Crippen MR) is 99.9 cm³/mol. The number of rotatable bonds is 3. The first-order valence-electron chi connectivity index (χ1n) is 7.93.